The van der Waals surface area contributed by atoms with Crippen LogP contribution < -0.4 is 0 Å². The lowest BCUT2D eigenvalue weighted by Gasteiger charge is -2.32. The van der Waals surface area contributed by atoms with Gasteiger partial charge in [-0.3, -0.25) is 4.79 Å². The van der Waals surface area contributed by atoms with Crippen molar-refractivity contribution in [2.24, 2.45) is 5.41 Å². The molecular weight excluding hydrogens is 352 g/mol. The molecule has 3 heterocycles. The summed E-state index contributed by atoms with van der Waals surface area (Å²) in [7, 11) is 0. The largest absolute Gasteiger partial charge is 0.343 e. The van der Waals surface area contributed by atoms with Crippen LogP contribution in [0, 0.1) is 5.41 Å². The first-order valence-corrected chi connectivity index (χ1v) is 10.8. The Morgan fingerprint density at radius 3 is 2.61 bits per heavy atom. The van der Waals surface area contributed by atoms with Gasteiger partial charge in [0.1, 0.15) is 5.82 Å². The van der Waals surface area contributed by atoms with Gasteiger partial charge in [-0.2, -0.15) is 0 Å². The summed E-state index contributed by atoms with van der Waals surface area (Å²) in [5.41, 5.74) is 0.459. The number of amides is 1. The molecule has 150 valence electrons. The van der Waals surface area contributed by atoms with E-state index in [0.717, 1.165) is 50.5 Å². The Morgan fingerprint density at radius 2 is 1.96 bits per heavy atom. The number of nitrogens with zero attached hydrogens (tertiary/aromatic N) is 6. The van der Waals surface area contributed by atoms with Crippen LogP contribution in [-0.4, -0.2) is 48.2 Å². The summed E-state index contributed by atoms with van der Waals surface area (Å²) in [5.74, 6) is 2.92. The highest BCUT2D eigenvalue weighted by molar-refractivity contribution is 5.76. The average Bonchev–Trinajstić information content (AvgIpc) is 3.59. The van der Waals surface area contributed by atoms with E-state index in [1.54, 1.807) is 6.20 Å². The predicted octanol–water partition coefficient (Wildman–Crippen LogP) is 3.14. The number of hydrogen-bond donors (Lipinski definition) is 0. The minimum atomic E-state index is 0.344. The molecule has 1 saturated heterocycles. The zero-order valence-electron chi connectivity index (χ0n) is 16.8. The molecule has 1 aliphatic heterocycles. The summed E-state index contributed by atoms with van der Waals surface area (Å²) in [6.45, 7) is 4.74. The second kappa shape index (κ2) is 7.01. The summed E-state index contributed by atoms with van der Waals surface area (Å²) < 4.78 is 4.43. The number of carbonyl (C=O) groups is 1. The Morgan fingerprint density at radius 1 is 1.18 bits per heavy atom. The fourth-order valence-electron chi connectivity index (χ4n) is 4.42. The molecule has 5 rings (SSSR count). The van der Waals surface area contributed by atoms with Crippen molar-refractivity contribution in [3.63, 3.8) is 0 Å². The van der Waals surface area contributed by atoms with Crippen molar-refractivity contribution in [1.29, 1.82) is 0 Å². The van der Waals surface area contributed by atoms with E-state index in [9.17, 15) is 4.79 Å². The zero-order valence-corrected chi connectivity index (χ0v) is 16.8. The van der Waals surface area contributed by atoms with E-state index in [1.165, 1.54) is 25.7 Å². The van der Waals surface area contributed by atoms with Crippen LogP contribution in [0.15, 0.2) is 18.7 Å². The molecule has 0 N–H and O–H groups in total. The summed E-state index contributed by atoms with van der Waals surface area (Å²) >= 11 is 0. The highest BCUT2D eigenvalue weighted by Gasteiger charge is 2.38. The molecule has 2 aromatic rings. The number of carbonyl (C=O) groups excluding carboxylic acids is 1. The number of rotatable bonds is 7. The SMILES string of the molecule is CC1(CCC(=O)N2CCC(c3nnc(Cn4ccnc4)n3C3CC3)CC2)CC1. The van der Waals surface area contributed by atoms with E-state index in [-0.39, 0.29) is 0 Å². The van der Waals surface area contributed by atoms with Crippen LogP contribution in [-0.2, 0) is 11.3 Å². The third-order valence-electron chi connectivity index (χ3n) is 6.85. The molecule has 7 nitrogen and oxygen atoms in total. The van der Waals surface area contributed by atoms with Gasteiger partial charge in [-0.05, 0) is 50.4 Å². The smallest absolute Gasteiger partial charge is 0.222 e. The molecule has 0 aromatic carbocycles. The lowest BCUT2D eigenvalue weighted by Crippen LogP contribution is -2.38. The molecule has 0 unspecified atom stereocenters. The lowest BCUT2D eigenvalue weighted by atomic mass is 9.95. The molecule has 1 amide bonds. The van der Waals surface area contributed by atoms with Gasteiger partial charge >= 0.3 is 0 Å². The van der Waals surface area contributed by atoms with Crippen LogP contribution in [0.25, 0.3) is 0 Å². The van der Waals surface area contributed by atoms with E-state index in [4.69, 9.17) is 0 Å². The van der Waals surface area contributed by atoms with Gasteiger partial charge in [0.2, 0.25) is 5.91 Å². The standard InChI is InChI=1S/C21H30N6O/c1-21(8-9-21)7-4-19(28)26-11-5-16(6-12-26)20-24-23-18(27(20)17-2-3-17)14-25-13-10-22-15-25/h10,13,15-17H,2-9,11-12,14H2,1H3. The second-order valence-electron chi connectivity index (χ2n) is 9.28. The van der Waals surface area contributed by atoms with Crippen LogP contribution in [0.2, 0.25) is 0 Å². The first-order valence-electron chi connectivity index (χ1n) is 10.8. The molecule has 0 bridgehead atoms. The van der Waals surface area contributed by atoms with Crippen molar-refractivity contribution in [2.75, 3.05) is 13.1 Å². The predicted molar refractivity (Wildman–Crippen MR) is 105 cm³/mol. The molecule has 2 aliphatic carbocycles. The summed E-state index contributed by atoms with van der Waals surface area (Å²) in [5, 5.41) is 9.13. The van der Waals surface area contributed by atoms with Gasteiger partial charge in [-0.25, -0.2) is 4.98 Å². The Balaban J connectivity index is 1.22. The topological polar surface area (TPSA) is 68.8 Å². The monoisotopic (exact) mass is 382 g/mol. The van der Waals surface area contributed by atoms with Crippen LogP contribution >= 0.6 is 0 Å². The zero-order chi connectivity index (χ0) is 19.1. The van der Waals surface area contributed by atoms with E-state index in [1.807, 2.05) is 17.1 Å². The fraction of sp³-hybridized carbons (Fsp3) is 0.714. The Kier molecular flexibility index (Phi) is 4.48. The Labute approximate surface area is 166 Å². The van der Waals surface area contributed by atoms with Gasteiger partial charge in [-0.1, -0.05) is 6.92 Å². The lowest BCUT2D eigenvalue weighted by molar-refractivity contribution is -0.132. The highest BCUT2D eigenvalue weighted by Crippen LogP contribution is 2.49. The van der Waals surface area contributed by atoms with E-state index in [0.29, 0.717) is 29.7 Å². The Bertz CT molecular complexity index is 825. The summed E-state index contributed by atoms with van der Waals surface area (Å²) in [6, 6.07) is 0.558. The van der Waals surface area contributed by atoms with Gasteiger partial charge in [0.25, 0.3) is 0 Å². The van der Waals surface area contributed by atoms with Crippen LogP contribution in [0.5, 0.6) is 0 Å². The van der Waals surface area contributed by atoms with E-state index >= 15 is 0 Å². The van der Waals surface area contributed by atoms with Crippen molar-refractivity contribution in [1.82, 2.24) is 29.2 Å². The molecule has 2 aromatic heterocycles. The molecule has 0 spiro atoms. The number of likely N-dealkylation sites (tertiary alicyclic amines) is 1. The Hall–Kier alpha value is -2.18. The maximum atomic E-state index is 12.6. The maximum absolute atomic E-state index is 12.6. The number of aromatic nitrogens is 5. The summed E-state index contributed by atoms with van der Waals surface area (Å²) in [4.78, 5) is 18.8. The summed E-state index contributed by atoms with van der Waals surface area (Å²) in [6.07, 6.45) is 14.4. The third kappa shape index (κ3) is 3.71. The van der Waals surface area contributed by atoms with Gasteiger partial charge in [0.15, 0.2) is 5.82 Å². The first kappa shape index (κ1) is 17.9. The molecule has 3 aliphatic rings. The van der Waals surface area contributed by atoms with Gasteiger partial charge in [0.05, 0.1) is 12.9 Å². The first-order chi connectivity index (χ1) is 13.6. The van der Waals surface area contributed by atoms with Crippen molar-refractivity contribution in [2.45, 2.75) is 76.8 Å². The van der Waals surface area contributed by atoms with Crippen LogP contribution in [0.4, 0.5) is 0 Å². The molecule has 0 radical (unpaired) electrons. The minimum absolute atomic E-state index is 0.344. The molecule has 0 atom stereocenters. The highest BCUT2D eigenvalue weighted by atomic mass is 16.2. The van der Waals surface area contributed by atoms with Gasteiger partial charge in [-0.15, -0.1) is 10.2 Å². The van der Waals surface area contributed by atoms with Crippen molar-refractivity contribution in [3.8, 4) is 0 Å². The average molecular weight is 383 g/mol. The van der Waals surface area contributed by atoms with Crippen molar-refractivity contribution in [3.05, 3.63) is 30.4 Å². The molecule has 28 heavy (non-hydrogen) atoms. The quantitative estimate of drug-likeness (QED) is 0.738. The number of piperidine rings is 1. The molecule has 7 heteroatoms. The van der Waals surface area contributed by atoms with E-state index in [2.05, 4.69) is 31.6 Å². The van der Waals surface area contributed by atoms with Crippen molar-refractivity contribution >= 4 is 5.91 Å². The normalized spacial score (nSPS) is 21.8. The van der Waals surface area contributed by atoms with Gasteiger partial charge < -0.3 is 14.0 Å². The maximum Gasteiger partial charge on any atom is 0.222 e. The minimum Gasteiger partial charge on any atom is -0.343 e. The van der Waals surface area contributed by atoms with Crippen LogP contribution in [0.1, 0.15) is 81.9 Å². The third-order valence-corrected chi connectivity index (χ3v) is 6.85. The molecule has 3 fully saturated rings. The molecular formula is C21H30N6O. The van der Waals surface area contributed by atoms with Crippen molar-refractivity contribution < 1.29 is 4.79 Å². The molecule has 2 saturated carbocycles. The van der Waals surface area contributed by atoms with E-state index < -0.39 is 0 Å². The number of imidazole rings is 1. The van der Waals surface area contributed by atoms with Gasteiger partial charge in [0, 0.05) is 43.9 Å². The fourth-order valence-corrected chi connectivity index (χ4v) is 4.42. The number of hydrogen-bond acceptors (Lipinski definition) is 4. The second-order valence-corrected chi connectivity index (χ2v) is 9.28. The van der Waals surface area contributed by atoms with Crippen LogP contribution in [0.3, 0.4) is 0 Å².